The van der Waals surface area contributed by atoms with E-state index in [4.69, 9.17) is 17.0 Å². The van der Waals surface area contributed by atoms with Gasteiger partial charge >= 0.3 is 0 Å². The molecule has 0 aliphatic rings. The lowest BCUT2D eigenvalue weighted by Crippen LogP contribution is -2.38. The van der Waals surface area contributed by atoms with Crippen molar-refractivity contribution in [1.29, 1.82) is 0 Å². The Bertz CT molecular complexity index is 983. The molecule has 3 aromatic rings. The third-order valence-corrected chi connectivity index (χ3v) is 4.67. The number of aromatic nitrogens is 1. The van der Waals surface area contributed by atoms with E-state index >= 15 is 0 Å². The summed E-state index contributed by atoms with van der Waals surface area (Å²) in [7, 11) is 1.62. The molecule has 1 heterocycles. The Hall–Kier alpha value is -3.18. The topological polar surface area (TPSA) is 45.4 Å². The zero-order valence-electron chi connectivity index (χ0n) is 15.9. The molecule has 0 fully saturated rings. The number of aliphatic hydroxyl groups excluding tert-OH is 1. The lowest BCUT2D eigenvalue weighted by molar-refractivity contribution is -0.575. The van der Waals surface area contributed by atoms with Gasteiger partial charge in [0.25, 0.3) is 5.70 Å². The van der Waals surface area contributed by atoms with Crippen LogP contribution in [-0.4, -0.2) is 17.2 Å². The molecule has 0 unspecified atom stereocenters. The molecule has 28 heavy (non-hydrogen) atoms. The highest BCUT2D eigenvalue weighted by Gasteiger charge is 2.23. The van der Waals surface area contributed by atoms with Gasteiger partial charge in [-0.1, -0.05) is 55.5 Å². The van der Waals surface area contributed by atoms with Crippen LogP contribution in [0.25, 0.3) is 11.5 Å². The highest BCUT2D eigenvalue weighted by atomic mass is 32.1. The Balaban J connectivity index is 2.02. The van der Waals surface area contributed by atoms with Crippen LogP contribution in [0.4, 0.5) is 5.69 Å². The molecule has 142 valence electrons. The summed E-state index contributed by atoms with van der Waals surface area (Å²) < 4.78 is 7.07. The molecule has 0 saturated carbocycles. The number of benzene rings is 2. The Kier molecular flexibility index (Phi) is 6.40. The van der Waals surface area contributed by atoms with Crippen molar-refractivity contribution in [2.24, 2.45) is 0 Å². The minimum absolute atomic E-state index is 0.110. The number of hydrogen-bond donors (Lipinski definition) is 2. The fourth-order valence-electron chi connectivity index (χ4n) is 2.82. The Morgan fingerprint density at radius 3 is 2.39 bits per heavy atom. The van der Waals surface area contributed by atoms with Gasteiger partial charge in [0, 0.05) is 29.4 Å². The van der Waals surface area contributed by atoms with Crippen molar-refractivity contribution in [3.63, 3.8) is 0 Å². The fourth-order valence-corrected chi connectivity index (χ4v) is 3.14. The number of ether oxygens (including phenoxy) is 1. The highest BCUT2D eigenvalue weighted by Crippen LogP contribution is 2.21. The summed E-state index contributed by atoms with van der Waals surface area (Å²) in [4.78, 5) is 0.404. The van der Waals surface area contributed by atoms with E-state index in [1.54, 1.807) is 11.7 Å². The third kappa shape index (κ3) is 4.56. The molecule has 3 rings (SSSR count). The minimum atomic E-state index is 0.110. The summed E-state index contributed by atoms with van der Waals surface area (Å²) in [5.74, 6) is 0.837. The van der Waals surface area contributed by atoms with E-state index in [1.807, 2.05) is 79.1 Å². The second-order valence-electron chi connectivity index (χ2n) is 6.22. The molecule has 1 aromatic heterocycles. The zero-order chi connectivity index (χ0) is 19.9. The predicted molar refractivity (Wildman–Crippen MR) is 117 cm³/mol. The maximum Gasteiger partial charge on any atom is 0.288 e. The van der Waals surface area contributed by atoms with Gasteiger partial charge in [0.2, 0.25) is 0 Å². The van der Waals surface area contributed by atoms with Gasteiger partial charge in [-0.25, -0.2) is 0 Å². The van der Waals surface area contributed by atoms with Crippen LogP contribution < -0.4 is 14.6 Å². The van der Waals surface area contributed by atoms with Gasteiger partial charge in [-0.2, -0.15) is 4.57 Å². The first kappa shape index (κ1) is 19.6. The number of nitrogens with one attached hydrogen (secondary N) is 1. The summed E-state index contributed by atoms with van der Waals surface area (Å²) in [6, 6.07) is 21.0. The van der Waals surface area contributed by atoms with Crippen LogP contribution in [0.15, 0.2) is 79.1 Å². The van der Waals surface area contributed by atoms with Gasteiger partial charge < -0.3 is 15.2 Å². The van der Waals surface area contributed by atoms with E-state index in [0.717, 1.165) is 17.9 Å². The third-order valence-electron chi connectivity index (χ3n) is 4.38. The number of aliphatic hydroxyl groups is 1. The zero-order valence-corrected chi connectivity index (χ0v) is 16.7. The number of hydrogen-bond acceptors (Lipinski definition) is 3. The monoisotopic (exact) mass is 391 g/mol. The number of aryl methyl sites for hydroxylation is 1. The Morgan fingerprint density at radius 1 is 1.04 bits per heavy atom. The standard InChI is InChI=1S/C23H22N2O2S/c1-3-17-10-12-18(13-11-17)22(26)21(25-14-5-4-6-15-25)23(28)24-19-8-7-9-20(16-19)27-2/h4-16H,3H2,1-2H3,(H-,24,26,28)/p+1. The lowest BCUT2D eigenvalue weighted by Gasteiger charge is -2.11. The number of nitrogens with zero attached hydrogens (tertiary/aromatic N) is 1. The SMILES string of the molecule is CCc1ccc(C(O)=C(C(=S)Nc2cccc(OC)c2)[n+]2ccccc2)cc1. The maximum absolute atomic E-state index is 11.1. The maximum atomic E-state index is 11.1. The van der Waals surface area contributed by atoms with E-state index < -0.39 is 0 Å². The van der Waals surface area contributed by atoms with Crippen molar-refractivity contribution in [3.05, 3.63) is 90.3 Å². The predicted octanol–water partition coefficient (Wildman–Crippen LogP) is 4.87. The molecule has 0 saturated heterocycles. The lowest BCUT2D eigenvalue weighted by atomic mass is 10.1. The molecule has 0 radical (unpaired) electrons. The first-order valence-corrected chi connectivity index (χ1v) is 9.48. The summed E-state index contributed by atoms with van der Waals surface area (Å²) >= 11 is 5.65. The first-order valence-electron chi connectivity index (χ1n) is 9.07. The molecule has 5 heteroatoms. The van der Waals surface area contributed by atoms with Gasteiger partial charge in [0.15, 0.2) is 23.1 Å². The molecule has 0 aliphatic heterocycles. The molecule has 0 amide bonds. The van der Waals surface area contributed by atoms with E-state index in [0.29, 0.717) is 16.2 Å². The molecule has 0 spiro atoms. The van der Waals surface area contributed by atoms with Crippen LogP contribution in [-0.2, 0) is 6.42 Å². The molecular formula is C23H23N2O2S+. The van der Waals surface area contributed by atoms with Crippen molar-refractivity contribution >= 4 is 34.3 Å². The van der Waals surface area contributed by atoms with Gasteiger partial charge in [-0.15, -0.1) is 0 Å². The quantitative estimate of drug-likeness (QED) is 0.272. The minimum Gasteiger partial charge on any atom is -0.502 e. The van der Waals surface area contributed by atoms with Gasteiger partial charge in [0.05, 0.1) is 7.11 Å². The molecule has 0 aliphatic carbocycles. The van der Waals surface area contributed by atoms with Crippen molar-refractivity contribution < 1.29 is 14.4 Å². The van der Waals surface area contributed by atoms with Crippen molar-refractivity contribution in [2.45, 2.75) is 13.3 Å². The van der Waals surface area contributed by atoms with Crippen LogP contribution in [0.5, 0.6) is 5.75 Å². The number of pyridine rings is 1. The van der Waals surface area contributed by atoms with Crippen molar-refractivity contribution in [1.82, 2.24) is 0 Å². The average Bonchev–Trinajstić information content (AvgIpc) is 2.74. The van der Waals surface area contributed by atoms with E-state index in [2.05, 4.69) is 12.2 Å². The van der Waals surface area contributed by atoms with Crippen LogP contribution in [0.2, 0.25) is 0 Å². The van der Waals surface area contributed by atoms with Gasteiger partial charge in [-0.05, 0) is 24.1 Å². The van der Waals surface area contributed by atoms with Crippen LogP contribution in [0, 0.1) is 0 Å². The number of rotatable bonds is 6. The highest BCUT2D eigenvalue weighted by molar-refractivity contribution is 7.81. The largest absolute Gasteiger partial charge is 0.502 e. The number of methoxy groups -OCH3 is 1. The van der Waals surface area contributed by atoms with E-state index in [1.165, 1.54) is 5.56 Å². The average molecular weight is 392 g/mol. The van der Waals surface area contributed by atoms with Crippen LogP contribution in [0.1, 0.15) is 18.1 Å². The Morgan fingerprint density at radius 2 is 1.75 bits per heavy atom. The molecule has 4 nitrogen and oxygen atoms in total. The second kappa shape index (κ2) is 9.15. The van der Waals surface area contributed by atoms with Crippen molar-refractivity contribution in [3.8, 4) is 5.75 Å². The van der Waals surface area contributed by atoms with Crippen LogP contribution in [0.3, 0.4) is 0 Å². The smallest absolute Gasteiger partial charge is 0.288 e. The van der Waals surface area contributed by atoms with Gasteiger partial charge in [-0.3, -0.25) is 0 Å². The van der Waals surface area contributed by atoms with E-state index in [-0.39, 0.29) is 5.76 Å². The second-order valence-corrected chi connectivity index (χ2v) is 6.62. The number of anilines is 1. The summed E-state index contributed by atoms with van der Waals surface area (Å²) in [5, 5.41) is 14.3. The molecule has 0 bridgehead atoms. The molecule has 2 aromatic carbocycles. The summed E-state index contributed by atoms with van der Waals surface area (Å²) in [6.07, 6.45) is 4.65. The molecule has 2 N–H and O–H groups in total. The first-order chi connectivity index (χ1) is 13.6. The fraction of sp³-hybridized carbons (Fsp3) is 0.130. The summed E-state index contributed by atoms with van der Waals surface area (Å²) in [6.45, 7) is 2.10. The Labute approximate surface area is 170 Å². The number of thiocarbonyl (C=S) groups is 1. The molecular weight excluding hydrogens is 368 g/mol. The van der Waals surface area contributed by atoms with Crippen molar-refractivity contribution in [2.75, 3.05) is 12.4 Å². The molecule has 0 atom stereocenters. The summed E-state index contributed by atoms with van der Waals surface area (Å²) in [5.41, 5.74) is 3.20. The normalized spacial score (nSPS) is 11.5. The van der Waals surface area contributed by atoms with Gasteiger partial charge in [0.1, 0.15) is 5.75 Å². The van der Waals surface area contributed by atoms with E-state index in [9.17, 15) is 5.11 Å². The van der Waals surface area contributed by atoms with Crippen LogP contribution >= 0.6 is 12.2 Å².